The Balaban J connectivity index is 2.24. The number of carbonyl (C=O) groups excluding carboxylic acids is 1. The van der Waals surface area contributed by atoms with Crippen molar-refractivity contribution in [3.63, 3.8) is 0 Å². The van der Waals surface area contributed by atoms with Crippen LogP contribution in [0.5, 0.6) is 0 Å². The van der Waals surface area contributed by atoms with Gasteiger partial charge < -0.3 is 20.2 Å². The van der Waals surface area contributed by atoms with Crippen molar-refractivity contribution in [1.82, 2.24) is 4.90 Å². The molecule has 0 aliphatic carbocycles. The van der Waals surface area contributed by atoms with Crippen molar-refractivity contribution >= 4 is 5.91 Å². The van der Waals surface area contributed by atoms with Gasteiger partial charge in [-0.25, -0.2) is 0 Å². The van der Waals surface area contributed by atoms with E-state index in [1.165, 1.54) is 4.90 Å². The summed E-state index contributed by atoms with van der Waals surface area (Å²) in [5, 5.41) is 28.1. The molecule has 3 N–H and O–H groups in total. The molecule has 2 saturated heterocycles. The predicted octanol–water partition coefficient (Wildman–Crippen LogP) is -1.93. The van der Waals surface area contributed by atoms with Crippen LogP contribution in [0.1, 0.15) is 12.8 Å². The SMILES string of the molecule is O=C1[C@H](O)[C@@H](O)[C@@H](O)[C@@H]2CCCN12. The van der Waals surface area contributed by atoms with E-state index in [2.05, 4.69) is 0 Å². The summed E-state index contributed by atoms with van der Waals surface area (Å²) in [6, 6.07) is -0.300. The van der Waals surface area contributed by atoms with E-state index >= 15 is 0 Å². The summed E-state index contributed by atoms with van der Waals surface area (Å²) in [5.41, 5.74) is 0. The Labute approximate surface area is 75.6 Å². The molecule has 13 heavy (non-hydrogen) atoms. The minimum atomic E-state index is -1.45. The third kappa shape index (κ3) is 1.15. The van der Waals surface area contributed by atoms with Gasteiger partial charge in [0.2, 0.25) is 0 Å². The zero-order valence-electron chi connectivity index (χ0n) is 7.13. The maximum Gasteiger partial charge on any atom is 0.254 e. The number of nitrogens with zero attached hydrogens (tertiary/aromatic N) is 1. The first-order valence-electron chi connectivity index (χ1n) is 4.47. The molecule has 2 aliphatic heterocycles. The molecular weight excluding hydrogens is 174 g/mol. The van der Waals surface area contributed by atoms with Gasteiger partial charge in [-0.1, -0.05) is 0 Å². The van der Waals surface area contributed by atoms with Gasteiger partial charge in [0.15, 0.2) is 6.10 Å². The number of amides is 1. The summed E-state index contributed by atoms with van der Waals surface area (Å²) >= 11 is 0. The van der Waals surface area contributed by atoms with Crippen LogP contribution in [0.4, 0.5) is 0 Å². The summed E-state index contributed by atoms with van der Waals surface area (Å²) in [6.07, 6.45) is -2.25. The lowest BCUT2D eigenvalue weighted by Crippen LogP contribution is -2.62. The highest BCUT2D eigenvalue weighted by Crippen LogP contribution is 2.28. The molecule has 0 aromatic carbocycles. The van der Waals surface area contributed by atoms with E-state index in [1.54, 1.807) is 0 Å². The predicted molar refractivity (Wildman–Crippen MR) is 42.8 cm³/mol. The van der Waals surface area contributed by atoms with Crippen molar-refractivity contribution < 1.29 is 20.1 Å². The molecule has 0 spiro atoms. The number of aliphatic hydroxyl groups is 3. The fourth-order valence-corrected chi connectivity index (χ4v) is 2.15. The Morgan fingerprint density at radius 2 is 1.92 bits per heavy atom. The molecular formula is C8H13NO4. The molecule has 1 amide bonds. The molecule has 0 unspecified atom stereocenters. The third-order valence-corrected chi connectivity index (χ3v) is 2.90. The highest BCUT2D eigenvalue weighted by Gasteiger charge is 2.48. The van der Waals surface area contributed by atoms with E-state index in [4.69, 9.17) is 0 Å². The average molecular weight is 187 g/mol. The summed E-state index contributed by atoms with van der Waals surface area (Å²) in [6.45, 7) is 0.574. The number of hydrogen-bond acceptors (Lipinski definition) is 4. The van der Waals surface area contributed by atoms with Crippen LogP contribution in [0.3, 0.4) is 0 Å². The second-order valence-electron chi connectivity index (χ2n) is 3.67. The van der Waals surface area contributed by atoms with E-state index in [0.29, 0.717) is 13.0 Å². The van der Waals surface area contributed by atoms with Gasteiger partial charge in [-0.2, -0.15) is 0 Å². The minimum absolute atomic E-state index is 0.300. The van der Waals surface area contributed by atoms with Crippen molar-refractivity contribution in [3.8, 4) is 0 Å². The highest BCUT2D eigenvalue weighted by molar-refractivity contribution is 5.83. The maximum absolute atomic E-state index is 11.4. The van der Waals surface area contributed by atoms with E-state index < -0.39 is 24.2 Å². The second kappa shape index (κ2) is 2.94. The largest absolute Gasteiger partial charge is 0.388 e. The summed E-state index contributed by atoms with van der Waals surface area (Å²) in [5.74, 6) is -0.458. The molecule has 0 saturated carbocycles. The molecule has 0 aromatic heterocycles. The smallest absolute Gasteiger partial charge is 0.254 e. The van der Waals surface area contributed by atoms with E-state index in [0.717, 1.165) is 6.42 Å². The van der Waals surface area contributed by atoms with Gasteiger partial charge in [-0.05, 0) is 12.8 Å². The zero-order chi connectivity index (χ0) is 9.59. The molecule has 4 atom stereocenters. The summed E-state index contributed by atoms with van der Waals surface area (Å²) < 4.78 is 0. The fraction of sp³-hybridized carbons (Fsp3) is 0.875. The Bertz CT molecular complexity index is 232. The van der Waals surface area contributed by atoms with Gasteiger partial charge in [0, 0.05) is 6.54 Å². The average Bonchev–Trinajstić information content (AvgIpc) is 2.59. The van der Waals surface area contributed by atoms with Gasteiger partial charge in [0.25, 0.3) is 5.91 Å². The molecule has 0 bridgehead atoms. The van der Waals surface area contributed by atoms with Crippen LogP contribution in [0.2, 0.25) is 0 Å². The monoisotopic (exact) mass is 187 g/mol. The molecule has 2 fully saturated rings. The molecule has 5 nitrogen and oxygen atoms in total. The van der Waals surface area contributed by atoms with Gasteiger partial charge in [0.1, 0.15) is 12.2 Å². The van der Waals surface area contributed by atoms with E-state index in [9.17, 15) is 20.1 Å². The lowest BCUT2D eigenvalue weighted by Gasteiger charge is -2.39. The summed E-state index contributed by atoms with van der Waals surface area (Å²) in [7, 11) is 0. The number of fused-ring (bicyclic) bond motifs is 1. The molecule has 0 radical (unpaired) electrons. The van der Waals surface area contributed by atoms with Crippen LogP contribution in [0.15, 0.2) is 0 Å². The molecule has 0 aromatic rings. The first kappa shape index (κ1) is 8.93. The lowest BCUT2D eigenvalue weighted by atomic mass is 9.94. The van der Waals surface area contributed by atoms with Gasteiger partial charge in [-0.15, -0.1) is 0 Å². The van der Waals surface area contributed by atoms with Crippen molar-refractivity contribution in [1.29, 1.82) is 0 Å². The number of hydrogen-bond donors (Lipinski definition) is 3. The summed E-state index contributed by atoms with van der Waals surface area (Å²) in [4.78, 5) is 12.8. The molecule has 2 aliphatic rings. The molecule has 5 heteroatoms. The van der Waals surface area contributed by atoms with E-state index in [-0.39, 0.29) is 6.04 Å². The van der Waals surface area contributed by atoms with Crippen molar-refractivity contribution in [2.24, 2.45) is 0 Å². The zero-order valence-corrected chi connectivity index (χ0v) is 7.13. The molecule has 74 valence electrons. The molecule has 2 rings (SSSR count). The topological polar surface area (TPSA) is 81.0 Å². The van der Waals surface area contributed by atoms with Crippen LogP contribution in [0, 0.1) is 0 Å². The number of piperidine rings is 1. The minimum Gasteiger partial charge on any atom is -0.388 e. The maximum atomic E-state index is 11.4. The number of aliphatic hydroxyl groups excluding tert-OH is 3. The first-order valence-corrected chi connectivity index (χ1v) is 4.47. The van der Waals surface area contributed by atoms with Crippen LogP contribution < -0.4 is 0 Å². The van der Waals surface area contributed by atoms with E-state index in [1.807, 2.05) is 0 Å². The van der Waals surface area contributed by atoms with Crippen LogP contribution >= 0.6 is 0 Å². The number of rotatable bonds is 0. The quantitative estimate of drug-likeness (QED) is 0.412. The normalized spacial score (nSPS) is 45.2. The van der Waals surface area contributed by atoms with Gasteiger partial charge in [0.05, 0.1) is 6.04 Å². The second-order valence-corrected chi connectivity index (χ2v) is 3.67. The van der Waals surface area contributed by atoms with Crippen molar-refractivity contribution in [2.75, 3.05) is 6.54 Å². The Morgan fingerprint density at radius 3 is 2.62 bits per heavy atom. The van der Waals surface area contributed by atoms with Gasteiger partial charge in [-0.3, -0.25) is 4.79 Å². The standard InChI is InChI=1S/C8H13NO4/c10-5-4-2-1-3-9(4)8(13)7(12)6(5)11/h4-7,10-12H,1-3H2/t4-,5-,6-,7+/m0/s1. The highest BCUT2D eigenvalue weighted by atomic mass is 16.4. The van der Waals surface area contributed by atoms with Crippen molar-refractivity contribution in [2.45, 2.75) is 37.2 Å². The van der Waals surface area contributed by atoms with Crippen LogP contribution in [-0.4, -0.2) is 57.0 Å². The Morgan fingerprint density at radius 1 is 1.23 bits per heavy atom. The van der Waals surface area contributed by atoms with Gasteiger partial charge >= 0.3 is 0 Å². The van der Waals surface area contributed by atoms with Crippen LogP contribution in [0.25, 0.3) is 0 Å². The number of carbonyl (C=O) groups is 1. The lowest BCUT2D eigenvalue weighted by molar-refractivity contribution is -0.171. The van der Waals surface area contributed by atoms with Crippen LogP contribution in [-0.2, 0) is 4.79 Å². The fourth-order valence-electron chi connectivity index (χ4n) is 2.15. The Kier molecular flexibility index (Phi) is 2.02. The first-order chi connectivity index (χ1) is 6.13. The third-order valence-electron chi connectivity index (χ3n) is 2.90. The molecule has 2 heterocycles. The Hall–Kier alpha value is -0.650. The van der Waals surface area contributed by atoms with Crippen molar-refractivity contribution in [3.05, 3.63) is 0 Å².